The van der Waals surface area contributed by atoms with Gasteiger partial charge in [0.2, 0.25) is 5.88 Å². The number of ether oxygens (including phenoxy) is 1. The molecular weight excluding hydrogens is 274 g/mol. The molecule has 0 aliphatic rings. The van der Waals surface area contributed by atoms with Crippen molar-refractivity contribution in [1.82, 2.24) is 4.98 Å². The molecule has 2 heterocycles. The number of hydrogen-bond acceptors (Lipinski definition) is 4. The summed E-state index contributed by atoms with van der Waals surface area (Å²) >= 11 is 7.35. The number of carboxylic acids is 1. The Labute approximate surface area is 113 Å². The molecule has 0 saturated heterocycles. The summed E-state index contributed by atoms with van der Waals surface area (Å²) in [5, 5.41) is 11.2. The largest absolute Gasteiger partial charge is 0.477 e. The topological polar surface area (TPSA) is 59.4 Å². The SMILES string of the molecule is O=C(O)c1ccc(Cl)nc1OCCc1cccs1. The van der Waals surface area contributed by atoms with E-state index in [1.807, 2.05) is 17.5 Å². The molecule has 6 heteroatoms. The molecule has 0 aromatic carbocycles. The minimum atomic E-state index is -1.08. The van der Waals surface area contributed by atoms with Crippen molar-refractivity contribution in [1.29, 1.82) is 0 Å². The van der Waals surface area contributed by atoms with Gasteiger partial charge in [-0.05, 0) is 23.6 Å². The molecule has 1 N–H and O–H groups in total. The summed E-state index contributed by atoms with van der Waals surface area (Å²) in [4.78, 5) is 16.0. The highest BCUT2D eigenvalue weighted by Crippen LogP contribution is 2.19. The van der Waals surface area contributed by atoms with Crippen LogP contribution < -0.4 is 4.74 Å². The van der Waals surface area contributed by atoms with E-state index in [4.69, 9.17) is 21.4 Å². The molecule has 0 radical (unpaired) electrons. The van der Waals surface area contributed by atoms with Crippen LogP contribution in [0.25, 0.3) is 0 Å². The number of halogens is 1. The summed E-state index contributed by atoms with van der Waals surface area (Å²) in [7, 11) is 0. The lowest BCUT2D eigenvalue weighted by atomic mass is 10.3. The second-order valence-corrected chi connectivity index (χ2v) is 4.89. The van der Waals surface area contributed by atoms with Gasteiger partial charge < -0.3 is 9.84 Å². The number of aromatic nitrogens is 1. The lowest BCUT2D eigenvalue weighted by molar-refractivity contribution is 0.0691. The minimum Gasteiger partial charge on any atom is -0.477 e. The molecule has 0 aliphatic heterocycles. The summed E-state index contributed by atoms with van der Waals surface area (Å²) in [5.41, 5.74) is 0.0191. The van der Waals surface area contributed by atoms with Crippen LogP contribution in [0.4, 0.5) is 0 Å². The normalized spacial score (nSPS) is 10.3. The van der Waals surface area contributed by atoms with Gasteiger partial charge in [-0.1, -0.05) is 17.7 Å². The fraction of sp³-hybridized carbons (Fsp3) is 0.167. The molecule has 0 spiro atoms. The van der Waals surface area contributed by atoms with E-state index in [2.05, 4.69) is 4.98 Å². The molecule has 2 aromatic rings. The van der Waals surface area contributed by atoms with Crippen LogP contribution in [-0.2, 0) is 6.42 Å². The van der Waals surface area contributed by atoms with E-state index in [9.17, 15) is 4.79 Å². The monoisotopic (exact) mass is 283 g/mol. The van der Waals surface area contributed by atoms with Crippen LogP contribution in [0.2, 0.25) is 5.15 Å². The van der Waals surface area contributed by atoms with E-state index >= 15 is 0 Å². The zero-order valence-corrected chi connectivity index (χ0v) is 10.9. The molecule has 0 amide bonds. The van der Waals surface area contributed by atoms with E-state index in [1.165, 1.54) is 17.0 Å². The van der Waals surface area contributed by atoms with Gasteiger partial charge in [-0.3, -0.25) is 0 Å². The standard InChI is InChI=1S/C12H10ClNO3S/c13-10-4-3-9(12(15)16)11(14-10)17-6-5-8-2-1-7-18-8/h1-4,7H,5-6H2,(H,15,16). The number of carboxylic acid groups (broad SMARTS) is 1. The molecule has 0 atom stereocenters. The maximum atomic E-state index is 11.0. The van der Waals surface area contributed by atoms with Crippen molar-refractivity contribution in [3.05, 3.63) is 45.2 Å². The number of hydrogen-bond donors (Lipinski definition) is 1. The zero-order valence-electron chi connectivity index (χ0n) is 9.30. The van der Waals surface area contributed by atoms with Gasteiger partial charge in [0.05, 0.1) is 6.61 Å². The Morgan fingerprint density at radius 2 is 2.28 bits per heavy atom. The van der Waals surface area contributed by atoms with Crippen molar-refractivity contribution in [2.45, 2.75) is 6.42 Å². The van der Waals surface area contributed by atoms with Crippen LogP contribution in [0.15, 0.2) is 29.6 Å². The second-order valence-electron chi connectivity index (χ2n) is 3.47. The van der Waals surface area contributed by atoms with Crippen molar-refractivity contribution in [3.8, 4) is 5.88 Å². The van der Waals surface area contributed by atoms with Crippen LogP contribution in [0.3, 0.4) is 0 Å². The van der Waals surface area contributed by atoms with Gasteiger partial charge in [0.1, 0.15) is 10.7 Å². The van der Waals surface area contributed by atoms with Gasteiger partial charge in [-0.2, -0.15) is 0 Å². The number of carbonyl (C=O) groups is 1. The number of rotatable bonds is 5. The van der Waals surface area contributed by atoms with E-state index in [-0.39, 0.29) is 16.6 Å². The van der Waals surface area contributed by atoms with Gasteiger partial charge in [-0.15, -0.1) is 11.3 Å². The third-order valence-corrected chi connectivity index (χ3v) is 3.37. The molecule has 2 rings (SSSR count). The van der Waals surface area contributed by atoms with Gasteiger partial charge in [0, 0.05) is 11.3 Å². The number of pyridine rings is 1. The molecule has 4 nitrogen and oxygen atoms in total. The molecule has 0 aliphatic carbocycles. The summed E-state index contributed by atoms with van der Waals surface area (Å²) in [5.74, 6) is -1.02. The Balaban J connectivity index is 2.03. The molecule has 0 unspecified atom stereocenters. The van der Waals surface area contributed by atoms with Gasteiger partial charge >= 0.3 is 5.97 Å². The number of aromatic carboxylic acids is 1. The molecule has 94 valence electrons. The Morgan fingerprint density at radius 1 is 1.44 bits per heavy atom. The first-order valence-corrected chi connectivity index (χ1v) is 6.47. The van der Waals surface area contributed by atoms with Gasteiger partial charge in [0.25, 0.3) is 0 Å². The second kappa shape index (κ2) is 5.84. The first kappa shape index (κ1) is 12.9. The van der Waals surface area contributed by atoms with Crippen LogP contribution in [0, 0.1) is 0 Å². The summed E-state index contributed by atoms with van der Waals surface area (Å²) < 4.78 is 5.38. The van der Waals surface area contributed by atoms with Gasteiger partial charge in [0.15, 0.2) is 0 Å². The molecule has 0 fully saturated rings. The zero-order chi connectivity index (χ0) is 13.0. The van der Waals surface area contributed by atoms with Crippen molar-refractivity contribution >= 4 is 28.9 Å². The van der Waals surface area contributed by atoms with Crippen LogP contribution in [0.1, 0.15) is 15.2 Å². The van der Waals surface area contributed by atoms with Crippen molar-refractivity contribution in [2.75, 3.05) is 6.61 Å². The lowest BCUT2D eigenvalue weighted by Crippen LogP contribution is -2.07. The fourth-order valence-electron chi connectivity index (χ4n) is 1.39. The van der Waals surface area contributed by atoms with Crippen LogP contribution in [-0.4, -0.2) is 22.7 Å². The first-order chi connectivity index (χ1) is 8.66. The smallest absolute Gasteiger partial charge is 0.341 e. The van der Waals surface area contributed by atoms with E-state index in [0.717, 1.165) is 0 Å². The molecule has 0 saturated carbocycles. The highest BCUT2D eigenvalue weighted by molar-refractivity contribution is 7.09. The summed E-state index contributed by atoms with van der Waals surface area (Å²) in [6.45, 7) is 0.369. The quantitative estimate of drug-likeness (QED) is 0.857. The molecule has 2 aromatic heterocycles. The first-order valence-electron chi connectivity index (χ1n) is 5.22. The maximum Gasteiger partial charge on any atom is 0.341 e. The van der Waals surface area contributed by atoms with Crippen LogP contribution >= 0.6 is 22.9 Å². The summed E-state index contributed by atoms with van der Waals surface area (Å²) in [6, 6.07) is 6.77. The minimum absolute atomic E-state index is 0.0191. The Kier molecular flexibility index (Phi) is 4.17. The Morgan fingerprint density at radius 3 is 2.94 bits per heavy atom. The van der Waals surface area contributed by atoms with E-state index < -0.39 is 5.97 Å². The fourth-order valence-corrected chi connectivity index (χ4v) is 2.22. The van der Waals surface area contributed by atoms with Crippen molar-refractivity contribution in [2.24, 2.45) is 0 Å². The lowest BCUT2D eigenvalue weighted by Gasteiger charge is -2.07. The van der Waals surface area contributed by atoms with E-state index in [1.54, 1.807) is 11.3 Å². The highest BCUT2D eigenvalue weighted by Gasteiger charge is 2.13. The molecule has 18 heavy (non-hydrogen) atoms. The summed E-state index contributed by atoms with van der Waals surface area (Å²) in [6.07, 6.45) is 0.713. The van der Waals surface area contributed by atoms with Crippen LogP contribution in [0.5, 0.6) is 5.88 Å². The Bertz CT molecular complexity index is 542. The average molecular weight is 284 g/mol. The maximum absolute atomic E-state index is 11.0. The van der Waals surface area contributed by atoms with Gasteiger partial charge in [-0.25, -0.2) is 9.78 Å². The molecule has 0 bridgehead atoms. The average Bonchev–Trinajstić information content (AvgIpc) is 2.82. The third kappa shape index (κ3) is 3.21. The highest BCUT2D eigenvalue weighted by atomic mass is 35.5. The number of nitrogens with zero attached hydrogens (tertiary/aromatic N) is 1. The van der Waals surface area contributed by atoms with Crippen molar-refractivity contribution in [3.63, 3.8) is 0 Å². The van der Waals surface area contributed by atoms with E-state index in [0.29, 0.717) is 13.0 Å². The van der Waals surface area contributed by atoms with Crippen molar-refractivity contribution < 1.29 is 14.6 Å². The Hall–Kier alpha value is -1.59. The predicted molar refractivity (Wildman–Crippen MR) is 69.7 cm³/mol. The number of thiophene rings is 1. The predicted octanol–water partition coefficient (Wildman–Crippen LogP) is 3.12. The molecular formula is C12H10ClNO3S. The third-order valence-electron chi connectivity index (χ3n) is 2.22.